The smallest absolute Gasteiger partial charge is 0.328 e. The first-order valence-electron chi connectivity index (χ1n) is 5.67. The second-order valence-electron chi connectivity index (χ2n) is 3.99. The van der Waals surface area contributed by atoms with Crippen molar-refractivity contribution in [3.63, 3.8) is 0 Å². The molecule has 1 atom stereocenters. The number of aliphatic hydroxyl groups is 1. The average molecular weight is 312 g/mol. The first-order chi connectivity index (χ1) is 9.52. The number of nitrogens with one attached hydrogen (secondary N) is 1. The minimum absolute atomic E-state index is 0.353. The van der Waals surface area contributed by atoms with Gasteiger partial charge >= 0.3 is 5.97 Å². The molecule has 2 aromatic rings. The molecule has 0 aliphatic rings. The molecule has 0 aromatic carbocycles. The van der Waals surface area contributed by atoms with Gasteiger partial charge in [0.25, 0.3) is 5.91 Å². The Labute approximate surface area is 122 Å². The number of carboxylic acid groups (broad SMARTS) is 1. The number of rotatable bonds is 5. The van der Waals surface area contributed by atoms with E-state index in [0.717, 1.165) is 5.56 Å². The summed E-state index contributed by atoms with van der Waals surface area (Å²) < 4.78 is 0. The fraction of sp³-hybridized carbons (Fsp3) is 0.250. The number of carbonyl (C=O) groups is 2. The van der Waals surface area contributed by atoms with Crippen molar-refractivity contribution in [3.8, 4) is 10.6 Å². The van der Waals surface area contributed by atoms with Crippen LogP contribution in [0.4, 0.5) is 0 Å². The molecular formula is C12H12N2O4S2. The van der Waals surface area contributed by atoms with Crippen LogP contribution in [0.15, 0.2) is 16.8 Å². The van der Waals surface area contributed by atoms with Crippen molar-refractivity contribution >= 4 is 34.6 Å². The van der Waals surface area contributed by atoms with Crippen LogP contribution in [-0.4, -0.2) is 39.7 Å². The quantitative estimate of drug-likeness (QED) is 0.774. The van der Waals surface area contributed by atoms with Crippen LogP contribution < -0.4 is 5.32 Å². The van der Waals surface area contributed by atoms with Gasteiger partial charge in [-0.05, 0) is 18.4 Å². The van der Waals surface area contributed by atoms with Crippen LogP contribution in [0.2, 0.25) is 0 Å². The summed E-state index contributed by atoms with van der Waals surface area (Å²) in [4.78, 5) is 27.5. The third-order valence-electron chi connectivity index (χ3n) is 2.56. The van der Waals surface area contributed by atoms with E-state index in [1.807, 2.05) is 16.8 Å². The third kappa shape index (κ3) is 3.03. The molecule has 3 N–H and O–H groups in total. The van der Waals surface area contributed by atoms with Crippen LogP contribution in [0.5, 0.6) is 0 Å². The van der Waals surface area contributed by atoms with Crippen molar-refractivity contribution in [3.05, 3.63) is 27.4 Å². The number of amides is 1. The Kier molecular flexibility index (Phi) is 4.48. The van der Waals surface area contributed by atoms with Crippen LogP contribution in [0.3, 0.4) is 0 Å². The second kappa shape index (κ2) is 6.12. The number of aromatic nitrogens is 1. The van der Waals surface area contributed by atoms with Crippen LogP contribution >= 0.6 is 22.7 Å². The second-order valence-corrected chi connectivity index (χ2v) is 5.77. The van der Waals surface area contributed by atoms with E-state index in [9.17, 15) is 9.59 Å². The van der Waals surface area contributed by atoms with Crippen molar-refractivity contribution in [2.75, 3.05) is 6.61 Å². The Bertz CT molecular complexity index is 621. The van der Waals surface area contributed by atoms with Gasteiger partial charge in [0.05, 0.1) is 12.3 Å². The highest BCUT2D eigenvalue weighted by molar-refractivity contribution is 7.17. The lowest BCUT2D eigenvalue weighted by molar-refractivity contribution is -0.140. The Balaban J connectivity index is 2.21. The number of nitrogens with zero attached hydrogens (tertiary/aromatic N) is 1. The van der Waals surface area contributed by atoms with E-state index in [-0.39, 0.29) is 0 Å². The van der Waals surface area contributed by atoms with Crippen LogP contribution in [0.1, 0.15) is 15.4 Å². The normalized spacial score (nSPS) is 12.1. The Morgan fingerprint density at radius 3 is 2.80 bits per heavy atom. The molecular weight excluding hydrogens is 300 g/mol. The Hall–Kier alpha value is -1.77. The first kappa shape index (κ1) is 14.6. The maximum atomic E-state index is 12.0. The lowest BCUT2D eigenvalue weighted by Crippen LogP contribution is -2.43. The van der Waals surface area contributed by atoms with E-state index in [1.54, 1.807) is 6.92 Å². The summed E-state index contributed by atoms with van der Waals surface area (Å²) in [6.45, 7) is 1.03. The maximum Gasteiger partial charge on any atom is 0.328 e. The molecule has 20 heavy (non-hydrogen) atoms. The zero-order chi connectivity index (χ0) is 14.7. The van der Waals surface area contributed by atoms with E-state index >= 15 is 0 Å². The van der Waals surface area contributed by atoms with Crippen LogP contribution in [0.25, 0.3) is 10.6 Å². The van der Waals surface area contributed by atoms with Gasteiger partial charge in [-0.3, -0.25) is 4.79 Å². The fourth-order valence-corrected chi connectivity index (χ4v) is 3.21. The predicted octanol–water partition coefficient (Wildman–Crippen LogP) is 1.36. The summed E-state index contributed by atoms with van der Waals surface area (Å²) in [6.07, 6.45) is 0. The Morgan fingerprint density at radius 1 is 1.50 bits per heavy atom. The van der Waals surface area contributed by atoms with Crippen molar-refractivity contribution in [2.45, 2.75) is 13.0 Å². The zero-order valence-electron chi connectivity index (χ0n) is 10.5. The monoisotopic (exact) mass is 312 g/mol. The van der Waals surface area contributed by atoms with Crippen molar-refractivity contribution in [2.24, 2.45) is 0 Å². The number of carbonyl (C=O) groups excluding carboxylic acids is 1. The van der Waals surface area contributed by atoms with Gasteiger partial charge in [-0.2, -0.15) is 11.3 Å². The molecule has 6 nitrogen and oxygen atoms in total. The van der Waals surface area contributed by atoms with Gasteiger partial charge in [-0.25, -0.2) is 9.78 Å². The molecule has 0 radical (unpaired) electrons. The van der Waals surface area contributed by atoms with Gasteiger partial charge < -0.3 is 15.5 Å². The van der Waals surface area contributed by atoms with Crippen molar-refractivity contribution in [1.82, 2.24) is 10.3 Å². The molecule has 0 aliphatic heterocycles. The number of carboxylic acids is 1. The van der Waals surface area contributed by atoms with Crippen molar-refractivity contribution in [1.29, 1.82) is 0 Å². The fourth-order valence-electron chi connectivity index (χ4n) is 1.53. The molecule has 0 bridgehead atoms. The number of hydrogen-bond donors (Lipinski definition) is 3. The maximum absolute atomic E-state index is 12.0. The summed E-state index contributed by atoms with van der Waals surface area (Å²) >= 11 is 2.73. The van der Waals surface area contributed by atoms with Gasteiger partial charge in [0.15, 0.2) is 6.04 Å². The van der Waals surface area contributed by atoms with E-state index in [4.69, 9.17) is 10.2 Å². The summed E-state index contributed by atoms with van der Waals surface area (Å²) in [7, 11) is 0. The molecule has 106 valence electrons. The summed E-state index contributed by atoms with van der Waals surface area (Å²) in [5.41, 5.74) is 1.47. The summed E-state index contributed by atoms with van der Waals surface area (Å²) in [5.74, 6) is -1.82. The van der Waals surface area contributed by atoms with E-state index in [2.05, 4.69) is 10.3 Å². The number of aliphatic hydroxyl groups excluding tert-OH is 1. The van der Waals surface area contributed by atoms with Gasteiger partial charge in [-0.1, -0.05) is 0 Å². The molecule has 2 rings (SSSR count). The molecule has 1 amide bonds. The minimum atomic E-state index is -1.31. The molecule has 0 spiro atoms. The van der Waals surface area contributed by atoms with Crippen LogP contribution in [0, 0.1) is 6.92 Å². The summed E-state index contributed by atoms with van der Waals surface area (Å²) in [6, 6.07) is 0.590. The molecule has 2 heterocycles. The standard InChI is InChI=1S/C12H12N2O4S2/c1-6-9(10(16)14-8(4-15)12(17)18)20-11(13-6)7-2-3-19-5-7/h2-3,5,8,15H,4H2,1H3,(H,14,16)(H,17,18). The number of aryl methyl sites for hydroxylation is 1. The molecule has 1 unspecified atom stereocenters. The molecule has 8 heteroatoms. The lowest BCUT2D eigenvalue weighted by atomic mass is 10.3. The van der Waals surface area contributed by atoms with E-state index < -0.39 is 24.5 Å². The van der Waals surface area contributed by atoms with Gasteiger partial charge in [-0.15, -0.1) is 11.3 Å². The number of thiazole rings is 1. The van der Waals surface area contributed by atoms with E-state index in [0.29, 0.717) is 15.6 Å². The predicted molar refractivity (Wildman–Crippen MR) is 76.1 cm³/mol. The van der Waals surface area contributed by atoms with Gasteiger partial charge in [0.1, 0.15) is 9.88 Å². The third-order valence-corrected chi connectivity index (χ3v) is 4.45. The largest absolute Gasteiger partial charge is 0.480 e. The highest BCUT2D eigenvalue weighted by Gasteiger charge is 2.23. The van der Waals surface area contributed by atoms with E-state index in [1.165, 1.54) is 22.7 Å². The first-order valence-corrected chi connectivity index (χ1v) is 7.43. The number of thiophene rings is 1. The lowest BCUT2D eigenvalue weighted by Gasteiger charge is -2.10. The van der Waals surface area contributed by atoms with Crippen molar-refractivity contribution < 1.29 is 19.8 Å². The zero-order valence-corrected chi connectivity index (χ0v) is 12.1. The highest BCUT2D eigenvalue weighted by Crippen LogP contribution is 2.29. The van der Waals surface area contributed by atoms with Gasteiger partial charge in [0.2, 0.25) is 0 Å². The number of hydrogen-bond acceptors (Lipinski definition) is 6. The molecule has 2 aromatic heterocycles. The highest BCUT2D eigenvalue weighted by atomic mass is 32.1. The molecule has 0 aliphatic carbocycles. The Morgan fingerprint density at radius 2 is 2.25 bits per heavy atom. The molecule has 0 saturated heterocycles. The minimum Gasteiger partial charge on any atom is -0.480 e. The average Bonchev–Trinajstić information content (AvgIpc) is 3.03. The number of aliphatic carboxylic acids is 1. The molecule has 0 saturated carbocycles. The van der Waals surface area contributed by atoms with Crippen LogP contribution in [-0.2, 0) is 4.79 Å². The SMILES string of the molecule is Cc1nc(-c2ccsc2)sc1C(=O)NC(CO)C(=O)O. The van der Waals surface area contributed by atoms with Gasteiger partial charge in [0, 0.05) is 10.9 Å². The summed E-state index contributed by atoms with van der Waals surface area (Å²) in [5, 5.41) is 24.5. The molecule has 0 fully saturated rings. The topological polar surface area (TPSA) is 99.5 Å².